The zero-order valence-corrected chi connectivity index (χ0v) is 14.7. The number of piperidine rings is 1. The van der Waals surface area contributed by atoms with Crippen LogP contribution in [0.5, 0.6) is 0 Å². The number of aryl methyl sites for hydroxylation is 1. The molecule has 0 aliphatic carbocycles. The molecule has 2 atom stereocenters. The molecule has 1 saturated heterocycles. The number of nitrogens with two attached hydrogens (primary N) is 1. The maximum Gasteiger partial charge on any atom is 0.241 e. The third kappa shape index (κ3) is 4.22. The molecule has 5 heteroatoms. The van der Waals surface area contributed by atoms with Crippen molar-refractivity contribution in [3.63, 3.8) is 0 Å². The Kier molecular flexibility index (Phi) is 6.41. The van der Waals surface area contributed by atoms with E-state index < -0.39 is 0 Å². The molecular weight excluding hydrogens is 298 g/mol. The number of hydrogen-bond acceptors (Lipinski definition) is 3. The molecule has 0 radical (unpaired) electrons. The first-order valence-corrected chi connectivity index (χ1v) is 7.67. The minimum atomic E-state index is -0.142. The second-order valence-electron chi connectivity index (χ2n) is 6.83. The smallest absolute Gasteiger partial charge is 0.241 e. The van der Waals surface area contributed by atoms with E-state index in [1.54, 1.807) is 0 Å². The van der Waals surface area contributed by atoms with Gasteiger partial charge in [0.15, 0.2) is 0 Å². The van der Waals surface area contributed by atoms with E-state index in [2.05, 4.69) is 24.1 Å². The first-order chi connectivity index (χ1) is 9.81. The summed E-state index contributed by atoms with van der Waals surface area (Å²) in [6, 6.07) is 7.93. The molecule has 0 spiro atoms. The lowest BCUT2D eigenvalue weighted by atomic mass is 9.79. The van der Waals surface area contributed by atoms with Crippen LogP contribution in [0.1, 0.15) is 32.8 Å². The second-order valence-corrected chi connectivity index (χ2v) is 6.83. The molecule has 3 N–H and O–H groups in total. The first-order valence-electron chi connectivity index (χ1n) is 7.67. The van der Waals surface area contributed by atoms with E-state index in [1.165, 1.54) is 0 Å². The Labute approximate surface area is 139 Å². The first kappa shape index (κ1) is 18.9. The number of nitrogens with one attached hydrogen (secondary N) is 1. The molecule has 0 bridgehead atoms. The van der Waals surface area contributed by atoms with Gasteiger partial charge in [-0.1, -0.05) is 32.0 Å². The molecule has 22 heavy (non-hydrogen) atoms. The van der Waals surface area contributed by atoms with E-state index in [4.69, 9.17) is 5.73 Å². The average molecular weight is 326 g/mol. The van der Waals surface area contributed by atoms with Gasteiger partial charge in [-0.15, -0.1) is 12.4 Å². The molecule has 0 saturated carbocycles. The number of rotatable bonds is 3. The summed E-state index contributed by atoms with van der Waals surface area (Å²) < 4.78 is 0. The molecule has 1 amide bonds. The highest BCUT2D eigenvalue weighted by Gasteiger charge is 2.36. The van der Waals surface area contributed by atoms with Gasteiger partial charge in [-0.3, -0.25) is 9.69 Å². The van der Waals surface area contributed by atoms with Crippen molar-refractivity contribution < 1.29 is 4.79 Å². The molecule has 1 heterocycles. The van der Waals surface area contributed by atoms with Crippen LogP contribution in [0.2, 0.25) is 0 Å². The minimum Gasteiger partial charge on any atom is -0.327 e. The number of likely N-dealkylation sites (tertiary alicyclic amines) is 1. The van der Waals surface area contributed by atoms with Crippen LogP contribution in [-0.2, 0) is 4.79 Å². The predicted molar refractivity (Wildman–Crippen MR) is 94.5 cm³/mol. The van der Waals surface area contributed by atoms with E-state index in [0.717, 1.165) is 30.8 Å². The normalized spacial score (nSPS) is 22.5. The number of hydrogen-bond donors (Lipinski definition) is 2. The van der Waals surface area contributed by atoms with Gasteiger partial charge in [0, 0.05) is 24.8 Å². The van der Waals surface area contributed by atoms with E-state index >= 15 is 0 Å². The largest absolute Gasteiger partial charge is 0.327 e. The fraction of sp³-hybridized carbons (Fsp3) is 0.588. The van der Waals surface area contributed by atoms with Crippen LogP contribution in [0, 0.1) is 12.3 Å². The summed E-state index contributed by atoms with van der Waals surface area (Å²) in [4.78, 5) is 14.7. The summed E-state index contributed by atoms with van der Waals surface area (Å²) in [6.07, 6.45) is 0.939. The van der Waals surface area contributed by atoms with E-state index in [-0.39, 0.29) is 35.8 Å². The molecule has 1 fully saturated rings. The number of nitrogens with zero attached hydrogens (tertiary/aromatic N) is 1. The van der Waals surface area contributed by atoms with E-state index in [9.17, 15) is 4.79 Å². The van der Waals surface area contributed by atoms with Crippen molar-refractivity contribution in [2.45, 2.75) is 46.2 Å². The third-order valence-corrected chi connectivity index (χ3v) is 4.67. The Morgan fingerprint density at radius 2 is 2.05 bits per heavy atom. The van der Waals surface area contributed by atoms with Crippen LogP contribution >= 0.6 is 12.4 Å². The van der Waals surface area contributed by atoms with Gasteiger partial charge in [0.25, 0.3) is 0 Å². The summed E-state index contributed by atoms with van der Waals surface area (Å²) in [5, 5.41) is 3.03. The van der Waals surface area contributed by atoms with Crippen LogP contribution in [-0.4, -0.2) is 36.0 Å². The molecular formula is C17H28ClN3O. The number of carbonyl (C=O) groups is 1. The van der Waals surface area contributed by atoms with Crippen LogP contribution in [0.3, 0.4) is 0 Å². The molecule has 124 valence electrons. The van der Waals surface area contributed by atoms with Crippen molar-refractivity contribution in [1.29, 1.82) is 0 Å². The molecule has 0 aromatic heterocycles. The highest BCUT2D eigenvalue weighted by molar-refractivity contribution is 5.95. The standard InChI is InChI=1S/C17H27N3O.ClH/c1-12-7-5-6-8-14(12)19-16(21)13(2)20-10-9-15(18)17(3,4)11-20;/h5-8,13,15H,9-11,18H2,1-4H3,(H,19,21);1H. The zero-order valence-electron chi connectivity index (χ0n) is 13.9. The van der Waals surface area contributed by atoms with Gasteiger partial charge in [-0.2, -0.15) is 0 Å². The maximum atomic E-state index is 12.5. The average Bonchev–Trinajstić information content (AvgIpc) is 2.43. The van der Waals surface area contributed by atoms with Crippen molar-refractivity contribution in [3.05, 3.63) is 29.8 Å². The van der Waals surface area contributed by atoms with Crippen molar-refractivity contribution >= 4 is 24.0 Å². The van der Waals surface area contributed by atoms with E-state index in [0.29, 0.717) is 0 Å². The lowest BCUT2D eigenvalue weighted by Gasteiger charge is -2.44. The minimum absolute atomic E-state index is 0. The Balaban J connectivity index is 0.00000242. The van der Waals surface area contributed by atoms with Gasteiger partial charge in [0.1, 0.15) is 0 Å². The topological polar surface area (TPSA) is 58.4 Å². The highest BCUT2D eigenvalue weighted by atomic mass is 35.5. The summed E-state index contributed by atoms with van der Waals surface area (Å²) in [6.45, 7) is 10.1. The molecule has 2 rings (SSSR count). The van der Waals surface area contributed by atoms with E-state index in [1.807, 2.05) is 38.1 Å². The fourth-order valence-corrected chi connectivity index (χ4v) is 2.86. The predicted octanol–water partition coefficient (Wildman–Crippen LogP) is 2.80. The van der Waals surface area contributed by atoms with Gasteiger partial charge < -0.3 is 11.1 Å². The lowest BCUT2D eigenvalue weighted by molar-refractivity contribution is -0.122. The third-order valence-electron chi connectivity index (χ3n) is 4.67. The number of benzene rings is 1. The summed E-state index contributed by atoms with van der Waals surface area (Å²) in [5.41, 5.74) is 8.19. The van der Waals surface area contributed by atoms with Gasteiger partial charge in [0.05, 0.1) is 6.04 Å². The van der Waals surface area contributed by atoms with Crippen LogP contribution in [0.4, 0.5) is 5.69 Å². The van der Waals surface area contributed by atoms with Crippen LogP contribution in [0.15, 0.2) is 24.3 Å². The molecule has 2 unspecified atom stereocenters. The summed E-state index contributed by atoms with van der Waals surface area (Å²) in [5.74, 6) is 0.0515. The fourth-order valence-electron chi connectivity index (χ4n) is 2.86. The Morgan fingerprint density at radius 1 is 1.41 bits per heavy atom. The monoisotopic (exact) mass is 325 g/mol. The van der Waals surface area contributed by atoms with Gasteiger partial charge >= 0.3 is 0 Å². The van der Waals surface area contributed by atoms with Gasteiger partial charge in [-0.05, 0) is 37.3 Å². The summed E-state index contributed by atoms with van der Waals surface area (Å²) in [7, 11) is 0. The molecule has 1 aromatic rings. The Bertz CT molecular complexity index is 518. The number of carbonyl (C=O) groups excluding carboxylic acids is 1. The number of halogens is 1. The van der Waals surface area contributed by atoms with Gasteiger partial charge in [0.2, 0.25) is 5.91 Å². The Morgan fingerprint density at radius 3 is 2.64 bits per heavy atom. The number of amides is 1. The van der Waals surface area contributed by atoms with Crippen LogP contribution < -0.4 is 11.1 Å². The van der Waals surface area contributed by atoms with Crippen molar-refractivity contribution in [3.8, 4) is 0 Å². The summed E-state index contributed by atoms with van der Waals surface area (Å²) >= 11 is 0. The lowest BCUT2D eigenvalue weighted by Crippen LogP contribution is -2.56. The molecule has 1 aliphatic rings. The molecule has 1 aliphatic heterocycles. The van der Waals surface area contributed by atoms with Crippen LogP contribution in [0.25, 0.3) is 0 Å². The highest BCUT2D eigenvalue weighted by Crippen LogP contribution is 2.29. The molecule has 1 aromatic carbocycles. The van der Waals surface area contributed by atoms with Crippen molar-refractivity contribution in [2.24, 2.45) is 11.1 Å². The molecule has 4 nitrogen and oxygen atoms in total. The Hall–Kier alpha value is -1.10. The van der Waals surface area contributed by atoms with Crippen molar-refractivity contribution in [1.82, 2.24) is 4.90 Å². The second kappa shape index (κ2) is 7.44. The zero-order chi connectivity index (χ0) is 15.6. The number of para-hydroxylation sites is 1. The number of anilines is 1. The van der Waals surface area contributed by atoms with Gasteiger partial charge in [-0.25, -0.2) is 0 Å². The SMILES string of the molecule is Cc1ccccc1NC(=O)C(C)N1CCC(N)C(C)(C)C1.Cl. The quantitative estimate of drug-likeness (QED) is 0.898. The van der Waals surface area contributed by atoms with Crippen molar-refractivity contribution in [2.75, 3.05) is 18.4 Å². The maximum absolute atomic E-state index is 12.5.